The van der Waals surface area contributed by atoms with Crippen molar-refractivity contribution in [3.05, 3.63) is 11.1 Å². The summed E-state index contributed by atoms with van der Waals surface area (Å²) in [5.74, 6) is -1.91. The van der Waals surface area contributed by atoms with E-state index >= 15 is 0 Å². The molecule has 0 saturated heterocycles. The van der Waals surface area contributed by atoms with Gasteiger partial charge in [0.15, 0.2) is 5.41 Å². The first kappa shape index (κ1) is 22.7. The molecule has 4 heteroatoms. The summed E-state index contributed by atoms with van der Waals surface area (Å²) < 4.78 is 0. The van der Waals surface area contributed by atoms with Gasteiger partial charge in [-0.2, -0.15) is 0 Å². The van der Waals surface area contributed by atoms with E-state index < -0.39 is 17.4 Å². The highest BCUT2D eigenvalue weighted by atomic mass is 16.4. The van der Waals surface area contributed by atoms with Crippen molar-refractivity contribution >= 4 is 11.9 Å². The van der Waals surface area contributed by atoms with Crippen LogP contribution in [0.1, 0.15) is 74.7 Å². The summed E-state index contributed by atoms with van der Waals surface area (Å²) in [7, 11) is 0. The molecule has 0 saturated carbocycles. The molecule has 0 bridgehead atoms. The Morgan fingerprint density at radius 2 is 1.12 bits per heavy atom. The molecule has 0 spiro atoms. The second kappa shape index (κ2) is 9.24. The molecule has 0 aliphatic heterocycles. The zero-order chi connectivity index (χ0) is 19.2. The van der Waals surface area contributed by atoms with E-state index in [0.717, 1.165) is 18.4 Å². The number of rotatable bonds is 10. The van der Waals surface area contributed by atoms with Crippen LogP contribution in [0.3, 0.4) is 0 Å². The highest BCUT2D eigenvalue weighted by molar-refractivity contribution is 6.02. The van der Waals surface area contributed by atoms with Crippen molar-refractivity contribution in [1.29, 1.82) is 0 Å². The van der Waals surface area contributed by atoms with Gasteiger partial charge in [-0.1, -0.05) is 61.0 Å². The lowest BCUT2D eigenvalue weighted by Gasteiger charge is -2.35. The van der Waals surface area contributed by atoms with Crippen molar-refractivity contribution in [2.24, 2.45) is 29.1 Å². The fourth-order valence-corrected chi connectivity index (χ4v) is 3.71. The third kappa shape index (κ3) is 5.64. The van der Waals surface area contributed by atoms with Crippen molar-refractivity contribution in [1.82, 2.24) is 0 Å². The summed E-state index contributed by atoms with van der Waals surface area (Å²) in [6, 6.07) is 0. The number of allylic oxidation sites excluding steroid dienone is 1. The van der Waals surface area contributed by atoms with Crippen molar-refractivity contribution in [3.8, 4) is 0 Å². The zero-order valence-corrected chi connectivity index (χ0v) is 16.6. The van der Waals surface area contributed by atoms with E-state index in [-0.39, 0.29) is 18.3 Å². The second-order valence-corrected chi connectivity index (χ2v) is 8.48. The Morgan fingerprint density at radius 3 is 1.33 bits per heavy atom. The quantitative estimate of drug-likeness (QED) is 0.421. The maximum Gasteiger partial charge on any atom is 0.325 e. The van der Waals surface area contributed by atoms with E-state index in [1.54, 1.807) is 0 Å². The van der Waals surface area contributed by atoms with Gasteiger partial charge >= 0.3 is 11.9 Å². The molecule has 0 heterocycles. The first-order valence-corrected chi connectivity index (χ1v) is 9.05. The lowest BCUT2D eigenvalue weighted by atomic mass is 9.67. The lowest BCUT2D eigenvalue weighted by Crippen LogP contribution is -2.44. The van der Waals surface area contributed by atoms with Crippen LogP contribution < -0.4 is 0 Å². The van der Waals surface area contributed by atoms with Gasteiger partial charge in [0.05, 0.1) is 0 Å². The molecule has 0 aliphatic rings. The molecule has 0 fully saturated rings. The van der Waals surface area contributed by atoms with Crippen LogP contribution in [-0.4, -0.2) is 22.2 Å². The van der Waals surface area contributed by atoms with Crippen LogP contribution in [0.2, 0.25) is 0 Å². The minimum atomic E-state index is -1.83. The predicted molar refractivity (Wildman–Crippen MR) is 97.9 cm³/mol. The number of carboxylic acids is 2. The average Bonchev–Trinajstić information content (AvgIpc) is 2.34. The van der Waals surface area contributed by atoms with E-state index in [1.807, 2.05) is 27.7 Å². The minimum absolute atomic E-state index is 0.0229. The van der Waals surface area contributed by atoms with Gasteiger partial charge in [-0.15, -0.1) is 0 Å². The monoisotopic (exact) mass is 340 g/mol. The summed E-state index contributed by atoms with van der Waals surface area (Å²) in [5, 5.41) is 19.9. The first-order valence-electron chi connectivity index (χ1n) is 9.05. The molecular formula is C20H36O4. The maximum absolute atomic E-state index is 12.2. The van der Waals surface area contributed by atoms with Crippen molar-refractivity contribution in [2.45, 2.75) is 74.7 Å². The summed E-state index contributed by atoms with van der Waals surface area (Å²) >= 11 is 0. The van der Waals surface area contributed by atoms with Gasteiger partial charge in [-0.05, 0) is 48.5 Å². The molecule has 0 aliphatic carbocycles. The van der Waals surface area contributed by atoms with E-state index in [2.05, 4.69) is 27.7 Å². The number of hydrogen-bond donors (Lipinski definition) is 2. The Kier molecular flexibility index (Phi) is 8.73. The second-order valence-electron chi connectivity index (χ2n) is 8.48. The fourth-order valence-electron chi connectivity index (χ4n) is 3.71. The van der Waals surface area contributed by atoms with Gasteiger partial charge in [0.1, 0.15) is 0 Å². The molecule has 0 aromatic rings. The van der Waals surface area contributed by atoms with E-state index in [4.69, 9.17) is 0 Å². The molecule has 0 aromatic carbocycles. The topological polar surface area (TPSA) is 74.6 Å². The summed E-state index contributed by atoms with van der Waals surface area (Å²) in [6.07, 6.45) is 1.60. The lowest BCUT2D eigenvalue weighted by molar-refractivity contribution is -0.163. The van der Waals surface area contributed by atoms with Crippen LogP contribution in [0.25, 0.3) is 0 Å². The Morgan fingerprint density at radius 1 is 0.750 bits per heavy atom. The van der Waals surface area contributed by atoms with Crippen LogP contribution in [0.15, 0.2) is 11.1 Å². The minimum Gasteiger partial charge on any atom is -0.480 e. The van der Waals surface area contributed by atoms with Crippen molar-refractivity contribution in [2.75, 3.05) is 0 Å². The summed E-state index contributed by atoms with van der Waals surface area (Å²) in [5.41, 5.74) is -0.208. The van der Waals surface area contributed by atoms with Crippen LogP contribution in [0, 0.1) is 29.1 Å². The molecular weight excluding hydrogens is 304 g/mol. The smallest absolute Gasteiger partial charge is 0.325 e. The molecule has 140 valence electrons. The van der Waals surface area contributed by atoms with Crippen molar-refractivity contribution < 1.29 is 19.8 Å². The fraction of sp³-hybridized carbons (Fsp3) is 0.800. The standard InChI is InChI=1S/C20H36O4/c1-12(2)9-16(10-13(3)4)17(15(7)8)20(18(21)22,19(23)24)11-14(5)6/h12-15H,9-11H2,1-8H3,(H,21,22)(H,23,24). The van der Waals surface area contributed by atoms with Crippen LogP contribution in [0.5, 0.6) is 0 Å². The highest BCUT2D eigenvalue weighted by Crippen LogP contribution is 2.44. The zero-order valence-electron chi connectivity index (χ0n) is 16.6. The van der Waals surface area contributed by atoms with Gasteiger partial charge in [0.2, 0.25) is 0 Å². The Labute approximate surface area is 147 Å². The summed E-state index contributed by atoms with van der Waals surface area (Å²) in [6.45, 7) is 15.9. The molecule has 0 rings (SSSR count). The molecule has 2 N–H and O–H groups in total. The van der Waals surface area contributed by atoms with Gasteiger partial charge in [-0.3, -0.25) is 9.59 Å². The molecule has 0 amide bonds. The highest BCUT2D eigenvalue weighted by Gasteiger charge is 2.51. The molecule has 0 unspecified atom stereocenters. The maximum atomic E-state index is 12.2. The summed E-state index contributed by atoms with van der Waals surface area (Å²) in [4.78, 5) is 24.4. The van der Waals surface area contributed by atoms with E-state index in [9.17, 15) is 19.8 Å². The van der Waals surface area contributed by atoms with Gasteiger partial charge < -0.3 is 10.2 Å². The SMILES string of the molecule is CC(C)CC(CC(C)C)=C(C(C)C)C(CC(C)C)(C(=O)O)C(=O)O. The normalized spacial score (nSPS) is 12.3. The van der Waals surface area contributed by atoms with Crippen LogP contribution in [-0.2, 0) is 9.59 Å². The molecule has 4 nitrogen and oxygen atoms in total. The predicted octanol–water partition coefficient (Wildman–Crippen LogP) is 5.23. The number of aliphatic carboxylic acids is 2. The van der Waals surface area contributed by atoms with Gasteiger partial charge in [0, 0.05) is 0 Å². The number of carboxylic acid groups (broad SMARTS) is 2. The van der Waals surface area contributed by atoms with Crippen LogP contribution in [0.4, 0.5) is 0 Å². The third-order valence-electron chi connectivity index (χ3n) is 4.17. The largest absolute Gasteiger partial charge is 0.480 e. The molecule has 24 heavy (non-hydrogen) atoms. The molecule has 0 radical (unpaired) electrons. The Bertz CT molecular complexity index is 444. The average molecular weight is 341 g/mol. The van der Waals surface area contributed by atoms with Crippen LogP contribution >= 0.6 is 0 Å². The first-order chi connectivity index (χ1) is 10.9. The van der Waals surface area contributed by atoms with Crippen molar-refractivity contribution in [3.63, 3.8) is 0 Å². The number of carbonyl (C=O) groups is 2. The van der Waals surface area contributed by atoms with Gasteiger partial charge in [0.25, 0.3) is 0 Å². The Balaban J connectivity index is 6.67. The van der Waals surface area contributed by atoms with Gasteiger partial charge in [-0.25, -0.2) is 0 Å². The number of hydrogen-bond acceptors (Lipinski definition) is 2. The third-order valence-corrected chi connectivity index (χ3v) is 4.17. The Hall–Kier alpha value is -1.32. The molecule has 0 atom stereocenters. The van der Waals surface area contributed by atoms with E-state index in [1.165, 1.54) is 0 Å². The molecule has 0 aromatic heterocycles. The van der Waals surface area contributed by atoms with E-state index in [0.29, 0.717) is 17.4 Å².